The standard InChI is InChI=1S/C9H14O3S/c1-6(13(10,11)12)9-5-7-2-3-8(9)4-7/h5-8H,2-4H2,1H3,(H,10,11,12). The highest BCUT2D eigenvalue weighted by Crippen LogP contribution is 2.45. The van der Waals surface area contributed by atoms with Gasteiger partial charge in [-0.15, -0.1) is 0 Å². The van der Waals surface area contributed by atoms with Gasteiger partial charge in [0.05, 0.1) is 0 Å². The first-order valence-electron chi connectivity index (χ1n) is 4.66. The quantitative estimate of drug-likeness (QED) is 0.547. The van der Waals surface area contributed by atoms with E-state index in [2.05, 4.69) is 0 Å². The van der Waals surface area contributed by atoms with E-state index in [0.29, 0.717) is 11.8 Å². The van der Waals surface area contributed by atoms with Crippen LogP contribution in [-0.2, 0) is 10.1 Å². The summed E-state index contributed by atoms with van der Waals surface area (Å²) in [7, 11) is -3.88. The monoisotopic (exact) mass is 202 g/mol. The SMILES string of the molecule is CC(C1=CC2CCC1C2)S(=O)(=O)O. The highest BCUT2D eigenvalue weighted by Gasteiger charge is 2.38. The molecule has 2 aliphatic carbocycles. The number of hydrogen-bond acceptors (Lipinski definition) is 2. The molecule has 0 aromatic carbocycles. The Balaban J connectivity index is 2.24. The summed E-state index contributed by atoms with van der Waals surface area (Å²) in [6.07, 6.45) is 5.42. The summed E-state index contributed by atoms with van der Waals surface area (Å²) in [4.78, 5) is 0. The summed E-state index contributed by atoms with van der Waals surface area (Å²) >= 11 is 0. The molecular formula is C9H14O3S. The first-order chi connectivity index (χ1) is 5.98. The van der Waals surface area contributed by atoms with Crippen LogP contribution in [-0.4, -0.2) is 18.2 Å². The third kappa shape index (κ3) is 1.53. The molecule has 0 aromatic rings. The molecule has 0 saturated heterocycles. The lowest BCUT2D eigenvalue weighted by Gasteiger charge is -2.17. The van der Waals surface area contributed by atoms with Crippen molar-refractivity contribution in [1.82, 2.24) is 0 Å². The zero-order valence-electron chi connectivity index (χ0n) is 7.60. The van der Waals surface area contributed by atoms with Crippen LogP contribution in [0.1, 0.15) is 26.2 Å². The van der Waals surface area contributed by atoms with E-state index < -0.39 is 15.4 Å². The number of rotatable bonds is 2. The van der Waals surface area contributed by atoms with E-state index >= 15 is 0 Å². The summed E-state index contributed by atoms with van der Waals surface area (Å²) in [5, 5.41) is -0.692. The third-order valence-corrected chi connectivity index (χ3v) is 4.45. The third-order valence-electron chi connectivity index (χ3n) is 3.29. The van der Waals surface area contributed by atoms with Crippen molar-refractivity contribution in [3.63, 3.8) is 0 Å². The lowest BCUT2D eigenvalue weighted by Crippen LogP contribution is -2.22. The first kappa shape index (κ1) is 9.21. The van der Waals surface area contributed by atoms with E-state index in [0.717, 1.165) is 18.4 Å². The Hall–Kier alpha value is -0.350. The second-order valence-corrected chi connectivity index (χ2v) is 5.83. The summed E-state index contributed by atoms with van der Waals surface area (Å²) < 4.78 is 30.7. The molecule has 2 bridgehead atoms. The van der Waals surface area contributed by atoms with Gasteiger partial charge in [0.15, 0.2) is 0 Å². The topological polar surface area (TPSA) is 54.4 Å². The molecule has 0 radical (unpaired) electrons. The summed E-state index contributed by atoms with van der Waals surface area (Å²) in [6, 6.07) is 0. The average molecular weight is 202 g/mol. The molecule has 4 heteroatoms. The van der Waals surface area contributed by atoms with Crippen molar-refractivity contribution in [2.24, 2.45) is 11.8 Å². The fraction of sp³-hybridized carbons (Fsp3) is 0.778. The molecule has 0 amide bonds. The Labute approximate surface area is 78.6 Å². The van der Waals surface area contributed by atoms with Crippen LogP contribution in [0.2, 0.25) is 0 Å². The van der Waals surface area contributed by atoms with E-state index in [1.807, 2.05) is 6.08 Å². The zero-order valence-corrected chi connectivity index (χ0v) is 8.42. The van der Waals surface area contributed by atoms with Gasteiger partial charge in [-0.1, -0.05) is 11.6 Å². The lowest BCUT2D eigenvalue weighted by molar-refractivity contribution is 0.470. The Bertz CT molecular complexity index is 342. The van der Waals surface area contributed by atoms with Gasteiger partial charge in [-0.05, 0) is 38.0 Å². The molecule has 3 unspecified atom stereocenters. The number of hydrogen-bond donors (Lipinski definition) is 1. The molecule has 74 valence electrons. The van der Waals surface area contributed by atoms with Crippen LogP contribution in [0.5, 0.6) is 0 Å². The van der Waals surface area contributed by atoms with Crippen molar-refractivity contribution in [3.05, 3.63) is 11.6 Å². The van der Waals surface area contributed by atoms with Gasteiger partial charge in [0, 0.05) is 0 Å². The number of allylic oxidation sites excluding steroid dienone is 1. The van der Waals surface area contributed by atoms with Gasteiger partial charge in [-0.2, -0.15) is 8.42 Å². The maximum absolute atomic E-state index is 10.9. The van der Waals surface area contributed by atoms with Crippen molar-refractivity contribution >= 4 is 10.1 Å². The normalized spacial score (nSPS) is 34.8. The molecule has 3 atom stereocenters. The Kier molecular flexibility index (Phi) is 2.00. The van der Waals surface area contributed by atoms with Crippen molar-refractivity contribution in [2.75, 3.05) is 0 Å². The maximum Gasteiger partial charge on any atom is 0.271 e. The van der Waals surface area contributed by atoms with Crippen molar-refractivity contribution in [1.29, 1.82) is 0 Å². The Morgan fingerprint density at radius 2 is 2.23 bits per heavy atom. The zero-order chi connectivity index (χ0) is 9.64. The minimum atomic E-state index is -3.88. The van der Waals surface area contributed by atoms with Gasteiger partial charge in [0.1, 0.15) is 5.25 Å². The van der Waals surface area contributed by atoms with E-state index in [1.54, 1.807) is 6.92 Å². The smallest absolute Gasteiger partial charge is 0.271 e. The molecule has 2 rings (SSSR count). The highest BCUT2D eigenvalue weighted by molar-refractivity contribution is 7.86. The van der Waals surface area contributed by atoms with Gasteiger partial charge in [-0.25, -0.2) is 0 Å². The molecule has 1 saturated carbocycles. The minimum Gasteiger partial charge on any atom is -0.285 e. The molecule has 0 heterocycles. The average Bonchev–Trinajstić information content (AvgIpc) is 2.60. The second kappa shape index (κ2) is 2.82. The summed E-state index contributed by atoms with van der Waals surface area (Å²) in [5.74, 6) is 0.992. The first-order valence-corrected chi connectivity index (χ1v) is 6.16. The molecule has 0 aliphatic heterocycles. The predicted octanol–water partition coefficient (Wildman–Crippen LogP) is 1.62. The van der Waals surface area contributed by atoms with Crippen LogP contribution >= 0.6 is 0 Å². The van der Waals surface area contributed by atoms with E-state index in [1.165, 1.54) is 6.42 Å². The predicted molar refractivity (Wildman–Crippen MR) is 49.9 cm³/mol. The molecule has 0 spiro atoms. The van der Waals surface area contributed by atoms with Gasteiger partial charge < -0.3 is 0 Å². The molecule has 2 aliphatic rings. The Morgan fingerprint density at radius 3 is 2.62 bits per heavy atom. The summed E-state index contributed by atoms with van der Waals surface area (Å²) in [5.41, 5.74) is 0.943. The molecule has 0 aromatic heterocycles. The van der Waals surface area contributed by atoms with Crippen LogP contribution in [0, 0.1) is 11.8 Å². The van der Waals surface area contributed by atoms with Gasteiger partial charge in [0.25, 0.3) is 10.1 Å². The van der Waals surface area contributed by atoms with Crippen LogP contribution in [0.3, 0.4) is 0 Å². The van der Waals surface area contributed by atoms with Crippen LogP contribution < -0.4 is 0 Å². The van der Waals surface area contributed by atoms with Crippen molar-refractivity contribution in [2.45, 2.75) is 31.4 Å². The molecule has 1 N–H and O–H groups in total. The van der Waals surface area contributed by atoms with E-state index in [4.69, 9.17) is 4.55 Å². The van der Waals surface area contributed by atoms with Gasteiger partial charge in [-0.3, -0.25) is 4.55 Å². The second-order valence-electron chi connectivity index (χ2n) is 4.09. The molecule has 13 heavy (non-hydrogen) atoms. The van der Waals surface area contributed by atoms with Gasteiger partial charge >= 0.3 is 0 Å². The maximum atomic E-state index is 10.9. The van der Waals surface area contributed by atoms with Crippen molar-refractivity contribution < 1.29 is 13.0 Å². The number of fused-ring (bicyclic) bond motifs is 2. The van der Waals surface area contributed by atoms with Crippen LogP contribution in [0.25, 0.3) is 0 Å². The molecule has 3 nitrogen and oxygen atoms in total. The Morgan fingerprint density at radius 1 is 1.54 bits per heavy atom. The largest absolute Gasteiger partial charge is 0.285 e. The lowest BCUT2D eigenvalue weighted by atomic mass is 9.96. The fourth-order valence-electron chi connectivity index (χ4n) is 2.52. The highest BCUT2D eigenvalue weighted by atomic mass is 32.2. The van der Waals surface area contributed by atoms with Gasteiger partial charge in [0.2, 0.25) is 0 Å². The van der Waals surface area contributed by atoms with E-state index in [-0.39, 0.29) is 0 Å². The van der Waals surface area contributed by atoms with E-state index in [9.17, 15) is 8.42 Å². The van der Waals surface area contributed by atoms with Crippen LogP contribution in [0.15, 0.2) is 11.6 Å². The summed E-state index contributed by atoms with van der Waals surface area (Å²) in [6.45, 7) is 1.57. The molecular weight excluding hydrogens is 188 g/mol. The van der Waals surface area contributed by atoms with Crippen LogP contribution in [0.4, 0.5) is 0 Å². The fourth-order valence-corrected chi connectivity index (χ4v) is 3.13. The molecule has 1 fully saturated rings. The van der Waals surface area contributed by atoms with Crippen molar-refractivity contribution in [3.8, 4) is 0 Å². The minimum absolute atomic E-state index is 0.418.